The molecule has 0 aromatic heterocycles. The number of carbonyl (C=O) groups excluding carboxylic acids is 2. The van der Waals surface area contributed by atoms with Crippen molar-refractivity contribution in [3.63, 3.8) is 0 Å². The van der Waals surface area contributed by atoms with Crippen LogP contribution in [-0.4, -0.2) is 42.8 Å². The van der Waals surface area contributed by atoms with Crippen molar-refractivity contribution in [3.8, 4) is 0 Å². The third kappa shape index (κ3) is 4.59. The van der Waals surface area contributed by atoms with Crippen LogP contribution in [0.5, 0.6) is 0 Å². The second-order valence-electron chi connectivity index (χ2n) is 3.70. The van der Waals surface area contributed by atoms with E-state index in [1.807, 2.05) is 13.8 Å². The number of amides is 1. The number of hydrogen-bond donors (Lipinski definition) is 3. The molecule has 0 saturated carbocycles. The molecule has 0 heterocycles. The first-order valence-corrected chi connectivity index (χ1v) is 5.23. The summed E-state index contributed by atoms with van der Waals surface area (Å²) in [4.78, 5) is 22.3. The normalized spacial score (nSPS) is 16.1. The van der Waals surface area contributed by atoms with Gasteiger partial charge in [0.1, 0.15) is 0 Å². The monoisotopic (exact) mass is 232 g/mol. The quantitative estimate of drug-likeness (QED) is 0.510. The molecule has 0 aromatic carbocycles. The van der Waals surface area contributed by atoms with E-state index in [-0.39, 0.29) is 18.4 Å². The smallest absolute Gasteiger partial charge is 0.336 e. The van der Waals surface area contributed by atoms with E-state index in [9.17, 15) is 14.7 Å². The van der Waals surface area contributed by atoms with Crippen LogP contribution < -0.4 is 11.1 Å². The van der Waals surface area contributed by atoms with Crippen LogP contribution in [0.1, 0.15) is 20.3 Å². The first-order chi connectivity index (χ1) is 7.43. The number of nitrogens with one attached hydrogen (secondary N) is 1. The van der Waals surface area contributed by atoms with Gasteiger partial charge in [-0.25, -0.2) is 4.79 Å². The molecule has 16 heavy (non-hydrogen) atoms. The van der Waals surface area contributed by atoms with Gasteiger partial charge >= 0.3 is 5.97 Å². The Morgan fingerprint density at radius 3 is 2.50 bits per heavy atom. The van der Waals surface area contributed by atoms with Gasteiger partial charge in [-0.3, -0.25) is 4.79 Å². The highest BCUT2D eigenvalue weighted by atomic mass is 16.5. The molecule has 0 radical (unpaired) electrons. The predicted octanol–water partition coefficient (Wildman–Crippen LogP) is -0.990. The number of ether oxygens (including phenoxy) is 1. The minimum Gasteiger partial charge on any atom is -0.467 e. The van der Waals surface area contributed by atoms with E-state index in [2.05, 4.69) is 10.1 Å². The van der Waals surface area contributed by atoms with Gasteiger partial charge in [0.15, 0.2) is 6.10 Å². The van der Waals surface area contributed by atoms with Crippen molar-refractivity contribution in [2.45, 2.75) is 32.4 Å². The van der Waals surface area contributed by atoms with E-state index in [1.54, 1.807) is 0 Å². The van der Waals surface area contributed by atoms with Crippen LogP contribution in [0.4, 0.5) is 0 Å². The largest absolute Gasteiger partial charge is 0.467 e. The lowest BCUT2D eigenvalue weighted by Gasteiger charge is -2.18. The molecular weight excluding hydrogens is 212 g/mol. The first kappa shape index (κ1) is 14.9. The van der Waals surface area contributed by atoms with Gasteiger partial charge in [0.2, 0.25) is 5.91 Å². The summed E-state index contributed by atoms with van der Waals surface area (Å²) in [5.74, 6) is -1.11. The van der Waals surface area contributed by atoms with Gasteiger partial charge in [-0.2, -0.15) is 0 Å². The number of nitrogens with two attached hydrogens (primary N) is 1. The molecule has 2 unspecified atom stereocenters. The molecule has 0 spiro atoms. The average molecular weight is 232 g/mol. The Hall–Kier alpha value is -1.14. The molecule has 4 N–H and O–H groups in total. The number of aliphatic hydroxyl groups excluding tert-OH is 1. The standard InChI is InChI=1S/C10H20N2O4/c1-4-6(2)8(11)9(14)12-5-7(13)10(15)16-3/h6-8,13H,4-5,11H2,1-3H3,(H,12,14)/t6?,7?,8-/m0/s1. The lowest BCUT2D eigenvalue weighted by molar-refractivity contribution is -0.150. The second kappa shape index (κ2) is 7.19. The van der Waals surface area contributed by atoms with Crippen molar-refractivity contribution < 1.29 is 19.4 Å². The zero-order chi connectivity index (χ0) is 12.7. The highest BCUT2D eigenvalue weighted by Crippen LogP contribution is 2.04. The minimum atomic E-state index is -1.35. The van der Waals surface area contributed by atoms with Gasteiger partial charge in [0.05, 0.1) is 19.7 Å². The summed E-state index contributed by atoms with van der Waals surface area (Å²) in [5, 5.41) is 11.6. The van der Waals surface area contributed by atoms with E-state index >= 15 is 0 Å². The maximum atomic E-state index is 11.5. The molecule has 0 fully saturated rings. The fraction of sp³-hybridized carbons (Fsp3) is 0.800. The lowest BCUT2D eigenvalue weighted by Crippen LogP contribution is -2.47. The number of aliphatic hydroxyl groups is 1. The molecule has 3 atom stereocenters. The van der Waals surface area contributed by atoms with E-state index < -0.39 is 18.1 Å². The zero-order valence-corrected chi connectivity index (χ0v) is 9.90. The molecule has 0 saturated heterocycles. The van der Waals surface area contributed by atoms with Crippen LogP contribution in [0.25, 0.3) is 0 Å². The molecule has 0 aliphatic rings. The van der Waals surface area contributed by atoms with E-state index in [1.165, 1.54) is 0 Å². The van der Waals surface area contributed by atoms with Crippen LogP contribution in [0, 0.1) is 5.92 Å². The Morgan fingerprint density at radius 2 is 2.06 bits per heavy atom. The van der Waals surface area contributed by atoms with Crippen molar-refractivity contribution >= 4 is 11.9 Å². The van der Waals surface area contributed by atoms with Crippen LogP contribution in [0.3, 0.4) is 0 Å². The van der Waals surface area contributed by atoms with Gasteiger partial charge < -0.3 is 20.9 Å². The maximum Gasteiger partial charge on any atom is 0.336 e. The van der Waals surface area contributed by atoms with Crippen molar-refractivity contribution in [2.24, 2.45) is 11.7 Å². The predicted molar refractivity (Wildman–Crippen MR) is 58.5 cm³/mol. The SMILES string of the molecule is CCC(C)[C@H](N)C(=O)NCC(O)C(=O)OC. The number of rotatable bonds is 6. The third-order valence-electron chi connectivity index (χ3n) is 2.50. The first-order valence-electron chi connectivity index (χ1n) is 5.23. The third-order valence-corrected chi connectivity index (χ3v) is 2.50. The molecule has 1 amide bonds. The fourth-order valence-electron chi connectivity index (χ4n) is 1.05. The van der Waals surface area contributed by atoms with Crippen LogP contribution in [0.2, 0.25) is 0 Å². The van der Waals surface area contributed by atoms with Crippen molar-refractivity contribution in [2.75, 3.05) is 13.7 Å². The molecule has 6 nitrogen and oxygen atoms in total. The molecule has 0 aromatic rings. The second-order valence-corrected chi connectivity index (χ2v) is 3.70. The van der Waals surface area contributed by atoms with E-state index in [0.717, 1.165) is 13.5 Å². The number of carbonyl (C=O) groups is 2. The molecule has 6 heteroatoms. The Labute approximate surface area is 95.1 Å². The number of hydrogen-bond acceptors (Lipinski definition) is 5. The summed E-state index contributed by atoms with van der Waals surface area (Å²) in [5.41, 5.74) is 5.66. The van der Waals surface area contributed by atoms with Crippen molar-refractivity contribution in [1.29, 1.82) is 0 Å². The van der Waals surface area contributed by atoms with E-state index in [4.69, 9.17) is 5.73 Å². The highest BCUT2D eigenvalue weighted by molar-refractivity contribution is 5.82. The summed E-state index contributed by atoms with van der Waals surface area (Å²) in [6.07, 6.45) is -0.563. The Balaban J connectivity index is 4.02. The maximum absolute atomic E-state index is 11.5. The van der Waals surface area contributed by atoms with Gasteiger partial charge in [0.25, 0.3) is 0 Å². The van der Waals surface area contributed by atoms with Gasteiger partial charge in [-0.1, -0.05) is 20.3 Å². The van der Waals surface area contributed by atoms with Gasteiger partial charge in [-0.15, -0.1) is 0 Å². The number of methoxy groups -OCH3 is 1. The molecule has 0 aliphatic heterocycles. The average Bonchev–Trinajstić information content (AvgIpc) is 2.32. The molecule has 0 rings (SSSR count). The summed E-state index contributed by atoms with van der Waals surface area (Å²) in [6.45, 7) is 3.61. The number of esters is 1. The van der Waals surface area contributed by atoms with Gasteiger partial charge in [-0.05, 0) is 5.92 Å². The van der Waals surface area contributed by atoms with Crippen molar-refractivity contribution in [1.82, 2.24) is 5.32 Å². The summed E-state index contributed by atoms with van der Waals surface area (Å²) in [6, 6.07) is -0.630. The molecular formula is C10H20N2O4. The van der Waals surface area contributed by atoms with Crippen molar-refractivity contribution in [3.05, 3.63) is 0 Å². The Kier molecular flexibility index (Phi) is 6.67. The van der Waals surface area contributed by atoms with Gasteiger partial charge in [0, 0.05) is 0 Å². The zero-order valence-electron chi connectivity index (χ0n) is 9.90. The molecule has 94 valence electrons. The van der Waals surface area contributed by atoms with Crippen LogP contribution >= 0.6 is 0 Å². The topological polar surface area (TPSA) is 102 Å². The Morgan fingerprint density at radius 1 is 1.50 bits per heavy atom. The molecule has 0 aliphatic carbocycles. The molecule has 0 bridgehead atoms. The lowest BCUT2D eigenvalue weighted by atomic mass is 9.99. The van der Waals surface area contributed by atoms with E-state index in [0.29, 0.717) is 0 Å². The minimum absolute atomic E-state index is 0.0512. The highest BCUT2D eigenvalue weighted by Gasteiger charge is 2.21. The summed E-state index contributed by atoms with van der Waals surface area (Å²) >= 11 is 0. The summed E-state index contributed by atoms with van der Waals surface area (Å²) in [7, 11) is 1.16. The van der Waals surface area contributed by atoms with Crippen LogP contribution in [-0.2, 0) is 14.3 Å². The van der Waals surface area contributed by atoms with Crippen LogP contribution in [0.15, 0.2) is 0 Å². The Bertz CT molecular complexity index is 245. The fourth-order valence-corrected chi connectivity index (χ4v) is 1.05. The summed E-state index contributed by atoms with van der Waals surface area (Å²) < 4.78 is 4.30.